The van der Waals surface area contributed by atoms with E-state index in [1.54, 1.807) is 12.0 Å². The van der Waals surface area contributed by atoms with Gasteiger partial charge in [-0.2, -0.15) is 0 Å². The van der Waals surface area contributed by atoms with Crippen LogP contribution in [0.3, 0.4) is 0 Å². The normalized spacial score (nSPS) is 11.8. The average Bonchev–Trinajstić information content (AvgIpc) is 3.31. The highest BCUT2D eigenvalue weighted by molar-refractivity contribution is 5.85. The molecular formula is C29H45N3O3. The number of aromatic nitrogens is 1. The molecule has 1 atom stereocenters. The Kier molecular flexibility index (Phi) is 12.4. The lowest BCUT2D eigenvalue weighted by atomic mass is 10.1. The van der Waals surface area contributed by atoms with Crippen LogP contribution < -0.4 is 4.74 Å². The molecular weight excluding hydrogens is 438 g/mol. The molecule has 1 aromatic heterocycles. The zero-order chi connectivity index (χ0) is 25.6. The number of hydrogen-bond donors (Lipinski definition) is 0. The maximum atomic E-state index is 13.6. The van der Waals surface area contributed by atoms with Crippen LogP contribution in [0, 0.1) is 0 Å². The summed E-state index contributed by atoms with van der Waals surface area (Å²) in [5.74, 6) is 0.958. The molecule has 0 bridgehead atoms. The maximum Gasteiger partial charge on any atom is 0.242 e. The highest BCUT2D eigenvalue weighted by atomic mass is 16.5. The third kappa shape index (κ3) is 9.08. The molecule has 2 aromatic rings. The highest BCUT2D eigenvalue weighted by Crippen LogP contribution is 2.18. The Bertz CT molecular complexity index is 908. The number of rotatable bonds is 16. The van der Waals surface area contributed by atoms with E-state index in [2.05, 4.69) is 50.6 Å². The Morgan fingerprint density at radius 2 is 1.77 bits per heavy atom. The molecule has 0 N–H and O–H groups in total. The van der Waals surface area contributed by atoms with Crippen LogP contribution in [0.2, 0.25) is 0 Å². The Morgan fingerprint density at radius 3 is 2.46 bits per heavy atom. The standard InChI is InChI=1S/C29H45N3O3/c1-6-9-11-18-31(28(33)17-10-7-2)23-29(34)32(24(4)8-3)22-26-15-13-19-30(26)21-25-14-12-16-27(20-25)35-5/h12-16,19-20,24H,6-11,17-18,21-23H2,1-5H3. The number of carbonyl (C=O) groups excluding carboxylic acids is 2. The SMILES string of the molecule is CCCCCN(CC(=O)N(Cc1cccn1Cc1cccc(OC)c1)C(C)CC)C(=O)CCCC. The molecule has 0 fully saturated rings. The Morgan fingerprint density at radius 1 is 1.00 bits per heavy atom. The van der Waals surface area contributed by atoms with Gasteiger partial charge in [-0.1, -0.05) is 52.2 Å². The van der Waals surface area contributed by atoms with Gasteiger partial charge in [0, 0.05) is 37.4 Å². The predicted molar refractivity (Wildman–Crippen MR) is 142 cm³/mol. The summed E-state index contributed by atoms with van der Waals surface area (Å²) in [6.45, 7) is 10.5. The van der Waals surface area contributed by atoms with Crippen molar-refractivity contribution in [2.75, 3.05) is 20.2 Å². The second kappa shape index (κ2) is 15.3. The van der Waals surface area contributed by atoms with Gasteiger partial charge in [0.2, 0.25) is 11.8 Å². The minimum absolute atomic E-state index is 0.0230. The fourth-order valence-electron chi connectivity index (χ4n) is 4.18. The van der Waals surface area contributed by atoms with Crippen molar-refractivity contribution in [2.24, 2.45) is 0 Å². The number of nitrogens with zero attached hydrogens (tertiary/aromatic N) is 3. The van der Waals surface area contributed by atoms with Gasteiger partial charge < -0.3 is 19.1 Å². The Balaban J connectivity index is 2.16. The number of carbonyl (C=O) groups is 2. The molecule has 6 nitrogen and oxygen atoms in total. The lowest BCUT2D eigenvalue weighted by Crippen LogP contribution is -2.46. The first kappa shape index (κ1) is 28.5. The zero-order valence-electron chi connectivity index (χ0n) is 22.5. The fraction of sp³-hybridized carbons (Fsp3) is 0.586. The molecule has 0 saturated heterocycles. The Hall–Kier alpha value is -2.76. The average molecular weight is 484 g/mol. The van der Waals surface area contributed by atoms with E-state index >= 15 is 0 Å². The van der Waals surface area contributed by atoms with Gasteiger partial charge in [0.15, 0.2) is 0 Å². The van der Waals surface area contributed by atoms with Crippen molar-refractivity contribution in [3.63, 3.8) is 0 Å². The largest absolute Gasteiger partial charge is 0.497 e. The van der Waals surface area contributed by atoms with Crippen LogP contribution in [0.5, 0.6) is 5.75 Å². The molecule has 6 heteroatoms. The van der Waals surface area contributed by atoms with E-state index in [0.29, 0.717) is 26.1 Å². The van der Waals surface area contributed by atoms with Gasteiger partial charge in [0.05, 0.1) is 20.2 Å². The second-order valence-electron chi connectivity index (χ2n) is 9.38. The van der Waals surface area contributed by atoms with Crippen molar-refractivity contribution < 1.29 is 14.3 Å². The van der Waals surface area contributed by atoms with Crippen LogP contribution in [0.15, 0.2) is 42.6 Å². The van der Waals surface area contributed by atoms with Crippen LogP contribution in [0.4, 0.5) is 0 Å². The van der Waals surface area contributed by atoms with E-state index < -0.39 is 0 Å². The molecule has 0 spiro atoms. The fourth-order valence-corrected chi connectivity index (χ4v) is 4.18. The number of amides is 2. The predicted octanol–water partition coefficient (Wildman–Crippen LogP) is 5.88. The minimum Gasteiger partial charge on any atom is -0.497 e. The molecule has 0 radical (unpaired) electrons. The van der Waals surface area contributed by atoms with Gasteiger partial charge in [-0.3, -0.25) is 9.59 Å². The van der Waals surface area contributed by atoms with Crippen molar-refractivity contribution >= 4 is 11.8 Å². The molecule has 194 valence electrons. The third-order valence-electron chi connectivity index (χ3n) is 6.64. The van der Waals surface area contributed by atoms with Crippen molar-refractivity contribution in [1.29, 1.82) is 0 Å². The molecule has 0 saturated carbocycles. The molecule has 2 amide bonds. The summed E-state index contributed by atoms with van der Waals surface area (Å²) in [6, 6.07) is 12.3. The van der Waals surface area contributed by atoms with Crippen molar-refractivity contribution in [1.82, 2.24) is 14.4 Å². The molecule has 2 rings (SSSR count). The van der Waals surface area contributed by atoms with E-state index in [4.69, 9.17) is 4.74 Å². The smallest absolute Gasteiger partial charge is 0.242 e. The summed E-state index contributed by atoms with van der Waals surface area (Å²) in [5, 5.41) is 0. The minimum atomic E-state index is 0.0230. The number of benzene rings is 1. The van der Waals surface area contributed by atoms with Crippen LogP contribution in [-0.2, 0) is 22.7 Å². The second-order valence-corrected chi connectivity index (χ2v) is 9.38. The first-order valence-electron chi connectivity index (χ1n) is 13.3. The maximum absolute atomic E-state index is 13.6. The Labute approximate surface area is 212 Å². The van der Waals surface area contributed by atoms with Crippen LogP contribution in [0.25, 0.3) is 0 Å². The molecule has 0 aliphatic heterocycles. The van der Waals surface area contributed by atoms with Gasteiger partial charge in [-0.05, 0) is 56.0 Å². The lowest BCUT2D eigenvalue weighted by molar-refractivity contribution is -0.142. The number of unbranched alkanes of at least 4 members (excludes halogenated alkanes) is 3. The molecule has 1 heterocycles. The number of hydrogen-bond acceptors (Lipinski definition) is 3. The molecule has 0 aliphatic carbocycles. The van der Waals surface area contributed by atoms with E-state index in [1.807, 2.05) is 29.2 Å². The molecule has 0 aliphatic rings. The van der Waals surface area contributed by atoms with Crippen molar-refractivity contribution in [3.05, 3.63) is 53.9 Å². The van der Waals surface area contributed by atoms with Crippen LogP contribution >= 0.6 is 0 Å². The van der Waals surface area contributed by atoms with Gasteiger partial charge >= 0.3 is 0 Å². The third-order valence-corrected chi connectivity index (χ3v) is 6.64. The van der Waals surface area contributed by atoms with Gasteiger partial charge in [-0.25, -0.2) is 0 Å². The van der Waals surface area contributed by atoms with Gasteiger partial charge in [-0.15, -0.1) is 0 Å². The van der Waals surface area contributed by atoms with E-state index in [9.17, 15) is 9.59 Å². The summed E-state index contributed by atoms with van der Waals surface area (Å²) >= 11 is 0. The quantitative estimate of drug-likeness (QED) is 0.280. The zero-order valence-corrected chi connectivity index (χ0v) is 22.5. The summed E-state index contributed by atoms with van der Waals surface area (Å²) in [6.07, 6.45) is 8.38. The summed E-state index contributed by atoms with van der Waals surface area (Å²) in [4.78, 5) is 30.1. The van der Waals surface area contributed by atoms with E-state index in [0.717, 1.165) is 55.5 Å². The lowest BCUT2D eigenvalue weighted by Gasteiger charge is -2.32. The summed E-state index contributed by atoms with van der Waals surface area (Å²) in [5.41, 5.74) is 2.23. The number of ether oxygens (including phenoxy) is 1. The highest BCUT2D eigenvalue weighted by Gasteiger charge is 2.24. The van der Waals surface area contributed by atoms with Crippen LogP contribution in [-0.4, -0.2) is 52.4 Å². The van der Waals surface area contributed by atoms with Crippen molar-refractivity contribution in [3.8, 4) is 5.75 Å². The summed E-state index contributed by atoms with van der Waals surface area (Å²) in [7, 11) is 1.67. The molecule has 35 heavy (non-hydrogen) atoms. The first-order valence-corrected chi connectivity index (χ1v) is 13.3. The first-order chi connectivity index (χ1) is 16.9. The van der Waals surface area contributed by atoms with Gasteiger partial charge in [0.1, 0.15) is 5.75 Å². The van der Waals surface area contributed by atoms with E-state index in [-0.39, 0.29) is 24.4 Å². The summed E-state index contributed by atoms with van der Waals surface area (Å²) < 4.78 is 7.55. The molecule has 1 aromatic carbocycles. The topological polar surface area (TPSA) is 54.8 Å². The van der Waals surface area contributed by atoms with E-state index in [1.165, 1.54) is 0 Å². The number of methoxy groups -OCH3 is 1. The van der Waals surface area contributed by atoms with Crippen LogP contribution in [0.1, 0.15) is 83.9 Å². The molecule has 1 unspecified atom stereocenters. The monoisotopic (exact) mass is 483 g/mol. The van der Waals surface area contributed by atoms with Gasteiger partial charge in [0.25, 0.3) is 0 Å². The van der Waals surface area contributed by atoms with Crippen molar-refractivity contribution in [2.45, 2.75) is 91.8 Å².